The van der Waals surface area contributed by atoms with E-state index in [-0.39, 0.29) is 5.91 Å². The Bertz CT molecular complexity index is 430. The van der Waals surface area contributed by atoms with Gasteiger partial charge in [-0.2, -0.15) is 0 Å². The van der Waals surface area contributed by atoms with E-state index in [1.54, 1.807) is 19.0 Å². The summed E-state index contributed by atoms with van der Waals surface area (Å²) >= 11 is 0. The van der Waals surface area contributed by atoms with Crippen LogP contribution in [0.15, 0.2) is 18.2 Å². The molecule has 4 heteroatoms. The minimum atomic E-state index is 0.0905. The number of carbonyl (C=O) groups is 1. The lowest BCUT2D eigenvalue weighted by Gasteiger charge is -2.21. The van der Waals surface area contributed by atoms with Gasteiger partial charge in [-0.3, -0.25) is 4.79 Å². The van der Waals surface area contributed by atoms with Crippen molar-refractivity contribution in [2.75, 3.05) is 32.6 Å². The molecule has 0 aliphatic carbocycles. The summed E-state index contributed by atoms with van der Waals surface area (Å²) in [4.78, 5) is 13.0. The van der Waals surface area contributed by atoms with Crippen LogP contribution in [-0.4, -0.2) is 38.1 Å². The smallest absolute Gasteiger partial charge is 0.225 e. The maximum Gasteiger partial charge on any atom is 0.225 e. The number of nitrogens with zero attached hydrogens (tertiary/aromatic N) is 1. The molecule has 0 radical (unpaired) electrons. The minimum Gasteiger partial charge on any atom is -0.491 e. The first-order chi connectivity index (χ1) is 8.68. The van der Waals surface area contributed by atoms with Crippen molar-refractivity contribution < 1.29 is 9.53 Å². The predicted octanol–water partition coefficient (Wildman–Crippen LogP) is 1.90. The van der Waals surface area contributed by atoms with Gasteiger partial charge in [0.05, 0.1) is 18.7 Å². The molecule has 0 unspecified atom stereocenters. The van der Waals surface area contributed by atoms with Crippen LogP contribution in [0.3, 0.4) is 0 Å². The number of fused-ring (bicyclic) bond motifs is 1. The predicted molar refractivity (Wildman–Crippen MR) is 72.1 cm³/mol. The molecule has 0 saturated heterocycles. The zero-order chi connectivity index (χ0) is 13.0. The van der Waals surface area contributed by atoms with E-state index in [1.807, 2.05) is 12.1 Å². The van der Waals surface area contributed by atoms with Crippen LogP contribution < -0.4 is 10.1 Å². The average Bonchev–Trinajstić information content (AvgIpc) is 2.38. The van der Waals surface area contributed by atoms with Gasteiger partial charge in [0, 0.05) is 20.6 Å². The number of nitrogens with one attached hydrogen (secondary N) is 1. The largest absolute Gasteiger partial charge is 0.491 e. The molecule has 1 amide bonds. The first kappa shape index (κ1) is 12.7. The van der Waals surface area contributed by atoms with Crippen molar-refractivity contribution in [1.29, 1.82) is 0 Å². The van der Waals surface area contributed by atoms with Crippen LogP contribution in [0.25, 0.3) is 0 Å². The first-order valence-corrected chi connectivity index (χ1v) is 6.37. The molecule has 4 nitrogen and oxygen atoms in total. The molecular weight excluding hydrogens is 228 g/mol. The Morgan fingerprint density at radius 2 is 2.28 bits per heavy atom. The van der Waals surface area contributed by atoms with E-state index in [0.717, 1.165) is 30.8 Å². The molecule has 1 aromatic rings. The van der Waals surface area contributed by atoms with Crippen LogP contribution in [-0.2, 0) is 11.2 Å². The molecular formula is C14H20N2O2. The number of hydrogen-bond acceptors (Lipinski definition) is 3. The number of rotatable bonds is 4. The molecule has 0 bridgehead atoms. The highest BCUT2D eigenvalue weighted by Gasteiger charge is 2.13. The number of hydrogen-bond donors (Lipinski definition) is 1. The van der Waals surface area contributed by atoms with Crippen molar-refractivity contribution in [3.8, 4) is 5.75 Å². The van der Waals surface area contributed by atoms with E-state index in [0.29, 0.717) is 13.0 Å². The SMILES string of the molecule is CN(C)C(=O)CCOc1cccc2c1NCCC2. The average molecular weight is 248 g/mol. The maximum atomic E-state index is 11.5. The number of carbonyl (C=O) groups excluding carboxylic acids is 1. The van der Waals surface area contributed by atoms with Gasteiger partial charge in [0.25, 0.3) is 0 Å². The molecule has 1 N–H and O–H groups in total. The molecule has 0 aromatic heterocycles. The first-order valence-electron chi connectivity index (χ1n) is 6.37. The summed E-state index contributed by atoms with van der Waals surface area (Å²) in [7, 11) is 3.52. The van der Waals surface area contributed by atoms with Crippen LogP contribution in [0, 0.1) is 0 Å². The molecule has 98 valence electrons. The lowest BCUT2D eigenvalue weighted by Crippen LogP contribution is -2.23. The van der Waals surface area contributed by atoms with Gasteiger partial charge in [0.15, 0.2) is 0 Å². The molecule has 1 aromatic carbocycles. The Morgan fingerprint density at radius 3 is 3.06 bits per heavy atom. The highest BCUT2D eigenvalue weighted by Crippen LogP contribution is 2.31. The number of anilines is 1. The van der Waals surface area contributed by atoms with Crippen molar-refractivity contribution in [2.45, 2.75) is 19.3 Å². The number of aryl methyl sites for hydroxylation is 1. The third-order valence-corrected chi connectivity index (χ3v) is 3.11. The van der Waals surface area contributed by atoms with Crippen molar-refractivity contribution in [3.05, 3.63) is 23.8 Å². The Balaban J connectivity index is 1.95. The molecule has 1 aliphatic heterocycles. The van der Waals surface area contributed by atoms with Gasteiger partial charge in [-0.15, -0.1) is 0 Å². The van der Waals surface area contributed by atoms with Crippen LogP contribution in [0.2, 0.25) is 0 Å². The third kappa shape index (κ3) is 2.94. The lowest BCUT2D eigenvalue weighted by atomic mass is 10.0. The number of para-hydroxylation sites is 1. The molecule has 2 rings (SSSR count). The second kappa shape index (κ2) is 5.76. The van der Waals surface area contributed by atoms with E-state index in [9.17, 15) is 4.79 Å². The lowest BCUT2D eigenvalue weighted by molar-refractivity contribution is -0.129. The van der Waals surface area contributed by atoms with Gasteiger partial charge in [-0.05, 0) is 24.5 Å². The zero-order valence-electron chi connectivity index (χ0n) is 11.0. The molecule has 0 saturated carbocycles. The normalized spacial score (nSPS) is 13.4. The topological polar surface area (TPSA) is 41.6 Å². The molecule has 0 atom stereocenters. The second-order valence-electron chi connectivity index (χ2n) is 4.71. The molecule has 18 heavy (non-hydrogen) atoms. The number of ether oxygens (including phenoxy) is 1. The fourth-order valence-corrected chi connectivity index (χ4v) is 2.07. The summed E-state index contributed by atoms with van der Waals surface area (Å²) in [6.45, 7) is 1.42. The third-order valence-electron chi connectivity index (χ3n) is 3.11. The maximum absolute atomic E-state index is 11.5. The Morgan fingerprint density at radius 1 is 1.44 bits per heavy atom. The fraction of sp³-hybridized carbons (Fsp3) is 0.500. The summed E-state index contributed by atoms with van der Waals surface area (Å²) < 4.78 is 5.72. The van der Waals surface area contributed by atoms with Crippen LogP contribution in [0.5, 0.6) is 5.75 Å². The summed E-state index contributed by atoms with van der Waals surface area (Å²) in [6.07, 6.45) is 2.67. The summed E-state index contributed by atoms with van der Waals surface area (Å²) in [5.74, 6) is 0.950. The quantitative estimate of drug-likeness (QED) is 0.885. The highest BCUT2D eigenvalue weighted by atomic mass is 16.5. The van der Waals surface area contributed by atoms with Gasteiger partial charge in [0.1, 0.15) is 5.75 Å². The van der Waals surface area contributed by atoms with Gasteiger partial charge < -0.3 is 15.0 Å². The molecule has 1 aliphatic rings. The Hall–Kier alpha value is -1.71. The van der Waals surface area contributed by atoms with Crippen molar-refractivity contribution in [1.82, 2.24) is 4.90 Å². The van der Waals surface area contributed by atoms with E-state index < -0.39 is 0 Å². The zero-order valence-corrected chi connectivity index (χ0v) is 11.0. The van der Waals surface area contributed by atoms with Gasteiger partial charge in [-0.25, -0.2) is 0 Å². The van der Waals surface area contributed by atoms with Gasteiger partial charge in [-0.1, -0.05) is 12.1 Å². The van der Waals surface area contributed by atoms with E-state index in [1.165, 1.54) is 5.56 Å². The summed E-state index contributed by atoms with van der Waals surface area (Å²) in [5.41, 5.74) is 2.40. The number of amides is 1. The molecule has 1 heterocycles. The van der Waals surface area contributed by atoms with Crippen molar-refractivity contribution >= 4 is 11.6 Å². The van der Waals surface area contributed by atoms with Crippen molar-refractivity contribution in [3.63, 3.8) is 0 Å². The van der Waals surface area contributed by atoms with Gasteiger partial charge in [0.2, 0.25) is 5.91 Å². The minimum absolute atomic E-state index is 0.0905. The molecule has 0 spiro atoms. The number of benzene rings is 1. The summed E-state index contributed by atoms with van der Waals surface area (Å²) in [6, 6.07) is 6.09. The summed E-state index contributed by atoms with van der Waals surface area (Å²) in [5, 5.41) is 3.37. The van der Waals surface area contributed by atoms with E-state index >= 15 is 0 Å². The molecule has 0 fully saturated rings. The second-order valence-corrected chi connectivity index (χ2v) is 4.71. The fourth-order valence-electron chi connectivity index (χ4n) is 2.07. The monoisotopic (exact) mass is 248 g/mol. The van der Waals surface area contributed by atoms with Crippen LogP contribution >= 0.6 is 0 Å². The van der Waals surface area contributed by atoms with Crippen molar-refractivity contribution in [2.24, 2.45) is 0 Å². The highest BCUT2D eigenvalue weighted by molar-refractivity contribution is 5.75. The Labute approximate surface area is 108 Å². The van der Waals surface area contributed by atoms with E-state index in [2.05, 4.69) is 11.4 Å². The van der Waals surface area contributed by atoms with Crippen LogP contribution in [0.4, 0.5) is 5.69 Å². The Kier molecular flexibility index (Phi) is 4.07. The standard InChI is InChI=1S/C14H20N2O2/c1-16(2)13(17)8-10-18-12-7-3-5-11-6-4-9-15-14(11)12/h3,5,7,15H,4,6,8-10H2,1-2H3. The van der Waals surface area contributed by atoms with Crippen LogP contribution in [0.1, 0.15) is 18.4 Å². The van der Waals surface area contributed by atoms with Gasteiger partial charge >= 0.3 is 0 Å². The van der Waals surface area contributed by atoms with E-state index in [4.69, 9.17) is 4.74 Å².